The van der Waals surface area contributed by atoms with Crippen molar-refractivity contribution in [2.75, 3.05) is 6.54 Å². The van der Waals surface area contributed by atoms with E-state index in [9.17, 15) is 0 Å². The highest BCUT2D eigenvalue weighted by Gasteiger charge is 2.21. The Hall–Kier alpha value is -0.870. The molecule has 0 saturated heterocycles. The standard InChI is InChI=1S/C16H28N2O2/c1-3-8-17-11-14-10-16(20-18-14)12-19-15-7-5-6-13(4-2)9-15/h10,13,15,17H,3-9,11-12H2,1-2H3. The molecule has 1 fully saturated rings. The maximum atomic E-state index is 5.99. The first kappa shape index (κ1) is 15.5. The van der Waals surface area contributed by atoms with Crippen LogP contribution in [0.4, 0.5) is 0 Å². The maximum absolute atomic E-state index is 5.99. The van der Waals surface area contributed by atoms with Gasteiger partial charge in [-0.1, -0.05) is 38.3 Å². The predicted molar refractivity (Wildman–Crippen MR) is 79.3 cm³/mol. The van der Waals surface area contributed by atoms with Crippen molar-refractivity contribution in [3.8, 4) is 0 Å². The first-order valence-corrected chi connectivity index (χ1v) is 8.08. The monoisotopic (exact) mass is 280 g/mol. The fourth-order valence-corrected chi connectivity index (χ4v) is 2.86. The van der Waals surface area contributed by atoms with Crippen molar-refractivity contribution in [1.82, 2.24) is 10.5 Å². The third-order valence-electron chi connectivity index (χ3n) is 4.11. The zero-order valence-electron chi connectivity index (χ0n) is 12.9. The second-order valence-electron chi connectivity index (χ2n) is 5.84. The van der Waals surface area contributed by atoms with Gasteiger partial charge in [-0.25, -0.2) is 0 Å². The van der Waals surface area contributed by atoms with Crippen molar-refractivity contribution < 1.29 is 9.26 Å². The van der Waals surface area contributed by atoms with Crippen LogP contribution in [-0.4, -0.2) is 17.8 Å². The number of aromatic nitrogens is 1. The van der Waals surface area contributed by atoms with Gasteiger partial charge in [0.2, 0.25) is 0 Å². The van der Waals surface area contributed by atoms with Gasteiger partial charge in [-0.15, -0.1) is 0 Å². The Kier molecular flexibility index (Phi) is 6.54. The lowest BCUT2D eigenvalue weighted by molar-refractivity contribution is -0.00711. The Balaban J connectivity index is 1.70. The first-order chi connectivity index (χ1) is 9.81. The van der Waals surface area contributed by atoms with Gasteiger partial charge in [0.05, 0.1) is 11.8 Å². The van der Waals surface area contributed by atoms with E-state index in [0.717, 1.165) is 36.9 Å². The Morgan fingerprint density at radius 1 is 1.40 bits per heavy atom. The van der Waals surface area contributed by atoms with Crippen LogP contribution in [0.15, 0.2) is 10.6 Å². The van der Waals surface area contributed by atoms with Crippen LogP contribution in [0.2, 0.25) is 0 Å². The second kappa shape index (κ2) is 8.42. The third-order valence-corrected chi connectivity index (χ3v) is 4.11. The molecule has 20 heavy (non-hydrogen) atoms. The summed E-state index contributed by atoms with van der Waals surface area (Å²) in [6, 6.07) is 2.00. The second-order valence-corrected chi connectivity index (χ2v) is 5.84. The summed E-state index contributed by atoms with van der Waals surface area (Å²) in [5, 5.41) is 7.39. The molecular weight excluding hydrogens is 252 g/mol. The van der Waals surface area contributed by atoms with E-state index in [1.54, 1.807) is 0 Å². The topological polar surface area (TPSA) is 47.3 Å². The van der Waals surface area contributed by atoms with Crippen molar-refractivity contribution in [2.24, 2.45) is 5.92 Å². The van der Waals surface area contributed by atoms with Crippen molar-refractivity contribution in [1.29, 1.82) is 0 Å². The molecule has 1 saturated carbocycles. The van der Waals surface area contributed by atoms with E-state index in [1.165, 1.54) is 32.1 Å². The number of hydrogen-bond acceptors (Lipinski definition) is 4. The van der Waals surface area contributed by atoms with Crippen molar-refractivity contribution in [3.05, 3.63) is 17.5 Å². The molecule has 114 valence electrons. The first-order valence-electron chi connectivity index (χ1n) is 8.08. The fourth-order valence-electron chi connectivity index (χ4n) is 2.86. The number of nitrogens with one attached hydrogen (secondary N) is 1. The van der Waals surface area contributed by atoms with Crippen LogP contribution in [-0.2, 0) is 17.9 Å². The molecule has 4 nitrogen and oxygen atoms in total. The average molecular weight is 280 g/mol. The lowest BCUT2D eigenvalue weighted by atomic mass is 9.85. The Bertz CT molecular complexity index is 378. The lowest BCUT2D eigenvalue weighted by Gasteiger charge is -2.28. The van der Waals surface area contributed by atoms with Crippen molar-refractivity contribution >= 4 is 0 Å². The van der Waals surface area contributed by atoms with E-state index in [4.69, 9.17) is 9.26 Å². The summed E-state index contributed by atoms with van der Waals surface area (Å²) in [6.07, 6.45) is 7.87. The summed E-state index contributed by atoms with van der Waals surface area (Å²) in [4.78, 5) is 0. The molecule has 1 aromatic rings. The molecule has 0 radical (unpaired) electrons. The van der Waals surface area contributed by atoms with Crippen molar-refractivity contribution in [3.63, 3.8) is 0 Å². The fraction of sp³-hybridized carbons (Fsp3) is 0.812. The minimum atomic E-state index is 0.403. The molecule has 0 amide bonds. The van der Waals surface area contributed by atoms with Gasteiger partial charge in [-0.05, 0) is 31.7 Å². The molecule has 2 atom stereocenters. The van der Waals surface area contributed by atoms with Crippen LogP contribution in [0.25, 0.3) is 0 Å². The molecule has 0 bridgehead atoms. The molecule has 0 aliphatic heterocycles. The number of hydrogen-bond donors (Lipinski definition) is 1. The van der Waals surface area contributed by atoms with Crippen LogP contribution in [0.1, 0.15) is 63.8 Å². The molecule has 1 aromatic heterocycles. The van der Waals surface area contributed by atoms with Gasteiger partial charge in [0.1, 0.15) is 6.61 Å². The normalized spacial score (nSPS) is 23.1. The molecule has 1 aliphatic rings. The van der Waals surface area contributed by atoms with E-state index >= 15 is 0 Å². The number of ether oxygens (including phenoxy) is 1. The summed E-state index contributed by atoms with van der Waals surface area (Å²) >= 11 is 0. The van der Waals surface area contributed by atoms with Gasteiger partial charge in [0, 0.05) is 12.6 Å². The SMILES string of the molecule is CCCNCc1cc(COC2CCCC(CC)C2)on1. The molecule has 2 rings (SSSR count). The molecular formula is C16H28N2O2. The molecule has 0 spiro atoms. The van der Waals surface area contributed by atoms with Gasteiger partial charge in [-0.3, -0.25) is 0 Å². The Morgan fingerprint density at radius 2 is 2.30 bits per heavy atom. The molecule has 1 N–H and O–H groups in total. The van der Waals surface area contributed by atoms with Crippen LogP contribution in [0.5, 0.6) is 0 Å². The third kappa shape index (κ3) is 4.91. The highest BCUT2D eigenvalue weighted by Crippen LogP contribution is 2.28. The van der Waals surface area contributed by atoms with Crippen LogP contribution in [0.3, 0.4) is 0 Å². The minimum Gasteiger partial charge on any atom is -0.370 e. The average Bonchev–Trinajstić information content (AvgIpc) is 2.94. The largest absolute Gasteiger partial charge is 0.370 e. The number of rotatable bonds is 8. The van der Waals surface area contributed by atoms with E-state index in [1.807, 2.05) is 6.07 Å². The van der Waals surface area contributed by atoms with E-state index < -0.39 is 0 Å². The van der Waals surface area contributed by atoms with Crippen LogP contribution in [0, 0.1) is 5.92 Å². The molecule has 2 unspecified atom stereocenters. The summed E-state index contributed by atoms with van der Waals surface area (Å²) in [5.41, 5.74) is 0.965. The zero-order valence-corrected chi connectivity index (χ0v) is 12.9. The van der Waals surface area contributed by atoms with Gasteiger partial charge >= 0.3 is 0 Å². The maximum Gasteiger partial charge on any atom is 0.162 e. The van der Waals surface area contributed by atoms with E-state index in [-0.39, 0.29) is 0 Å². The van der Waals surface area contributed by atoms with E-state index in [2.05, 4.69) is 24.3 Å². The van der Waals surface area contributed by atoms with Crippen LogP contribution >= 0.6 is 0 Å². The van der Waals surface area contributed by atoms with E-state index in [0.29, 0.717) is 12.7 Å². The van der Waals surface area contributed by atoms with Gasteiger partial charge in [0.25, 0.3) is 0 Å². The van der Waals surface area contributed by atoms with Gasteiger partial charge in [0.15, 0.2) is 5.76 Å². The van der Waals surface area contributed by atoms with Gasteiger partial charge in [-0.2, -0.15) is 0 Å². The van der Waals surface area contributed by atoms with Gasteiger partial charge < -0.3 is 14.6 Å². The molecule has 1 aliphatic carbocycles. The van der Waals surface area contributed by atoms with Crippen LogP contribution < -0.4 is 5.32 Å². The molecule has 1 heterocycles. The quantitative estimate of drug-likeness (QED) is 0.738. The molecule has 0 aromatic carbocycles. The highest BCUT2D eigenvalue weighted by molar-refractivity contribution is 5.04. The highest BCUT2D eigenvalue weighted by atomic mass is 16.5. The minimum absolute atomic E-state index is 0.403. The zero-order chi connectivity index (χ0) is 14.2. The summed E-state index contributed by atoms with van der Waals surface area (Å²) < 4.78 is 11.3. The number of nitrogens with zero attached hydrogens (tertiary/aromatic N) is 1. The molecule has 4 heteroatoms. The summed E-state index contributed by atoms with van der Waals surface area (Å²) in [5.74, 6) is 1.69. The smallest absolute Gasteiger partial charge is 0.162 e. The summed E-state index contributed by atoms with van der Waals surface area (Å²) in [7, 11) is 0. The lowest BCUT2D eigenvalue weighted by Crippen LogP contribution is -2.22. The van der Waals surface area contributed by atoms with Crippen molar-refractivity contribution in [2.45, 2.75) is 71.6 Å². The Labute approximate surface area is 122 Å². The Morgan fingerprint density at radius 3 is 3.10 bits per heavy atom. The predicted octanol–water partition coefficient (Wildman–Crippen LogP) is 3.66. The summed E-state index contributed by atoms with van der Waals surface area (Å²) in [6.45, 7) is 6.78.